The summed E-state index contributed by atoms with van der Waals surface area (Å²) in [4.78, 5) is 24.8. The Kier molecular flexibility index (Phi) is 5.05. The third kappa shape index (κ3) is 3.33. The molecule has 6 heteroatoms. The minimum Gasteiger partial charge on any atom is -0.469 e. The number of ketones is 1. The fourth-order valence-electron chi connectivity index (χ4n) is 1.84. The van der Waals surface area contributed by atoms with Gasteiger partial charge in [0.2, 0.25) is 0 Å². The molecule has 0 unspecified atom stereocenters. The van der Waals surface area contributed by atoms with Crippen molar-refractivity contribution in [1.29, 1.82) is 0 Å². The summed E-state index contributed by atoms with van der Waals surface area (Å²) in [5.41, 5.74) is 7.72. The molecule has 0 bridgehead atoms. The first-order chi connectivity index (χ1) is 9.65. The van der Waals surface area contributed by atoms with E-state index < -0.39 is 5.97 Å². The topological polar surface area (TPSA) is 69.4 Å². The zero-order chi connectivity index (χ0) is 14.5. The molecule has 2 heterocycles. The van der Waals surface area contributed by atoms with E-state index in [-0.39, 0.29) is 12.2 Å². The van der Waals surface area contributed by atoms with Gasteiger partial charge in [-0.15, -0.1) is 22.7 Å². The maximum absolute atomic E-state index is 11.9. The van der Waals surface area contributed by atoms with Crippen LogP contribution in [0.15, 0.2) is 22.9 Å². The molecule has 0 atom stereocenters. The Hall–Kier alpha value is -1.50. The minimum atomic E-state index is -0.510. The second-order valence-corrected chi connectivity index (χ2v) is 6.08. The second-order valence-electron chi connectivity index (χ2n) is 4.17. The van der Waals surface area contributed by atoms with Crippen molar-refractivity contribution in [1.82, 2.24) is 0 Å². The van der Waals surface area contributed by atoms with E-state index in [9.17, 15) is 9.59 Å². The van der Waals surface area contributed by atoms with E-state index in [1.54, 1.807) is 11.3 Å². The quantitative estimate of drug-likeness (QED) is 0.506. The van der Waals surface area contributed by atoms with Gasteiger partial charge in [-0.05, 0) is 47.0 Å². The molecule has 0 saturated heterocycles. The number of carbonyl (C=O) groups excluding carboxylic acids is 2. The molecule has 2 N–H and O–H groups in total. The first kappa shape index (κ1) is 14.9. The van der Waals surface area contributed by atoms with Crippen molar-refractivity contribution in [2.24, 2.45) is 5.73 Å². The van der Waals surface area contributed by atoms with Gasteiger partial charge in [0.15, 0.2) is 5.78 Å². The van der Waals surface area contributed by atoms with E-state index in [1.165, 1.54) is 23.3 Å². The van der Waals surface area contributed by atoms with Gasteiger partial charge < -0.3 is 10.5 Å². The normalized spacial score (nSPS) is 10.5. The number of esters is 1. The molecule has 2 aromatic rings. The summed E-state index contributed by atoms with van der Waals surface area (Å²) in [7, 11) is 1.28. The minimum absolute atomic E-state index is 0.205. The van der Waals surface area contributed by atoms with Crippen LogP contribution in [0, 0.1) is 0 Å². The van der Waals surface area contributed by atoms with Crippen LogP contribution in [-0.4, -0.2) is 25.4 Å². The molecule has 4 nitrogen and oxygen atoms in total. The Labute approximate surface area is 125 Å². The van der Waals surface area contributed by atoms with Crippen molar-refractivity contribution < 1.29 is 14.3 Å². The van der Waals surface area contributed by atoms with Crippen LogP contribution in [0.2, 0.25) is 0 Å². The SMILES string of the molecule is COC(=O)CC(=O)c1cc(-c2ccsc2CCN)cs1. The zero-order valence-corrected chi connectivity index (χ0v) is 12.7. The predicted molar refractivity (Wildman–Crippen MR) is 81.4 cm³/mol. The van der Waals surface area contributed by atoms with E-state index >= 15 is 0 Å². The number of hydrogen-bond donors (Lipinski definition) is 1. The lowest BCUT2D eigenvalue weighted by Gasteiger charge is -1.99. The third-order valence-electron chi connectivity index (χ3n) is 2.83. The monoisotopic (exact) mass is 309 g/mol. The second kappa shape index (κ2) is 6.78. The molecule has 0 aliphatic heterocycles. The molecule has 0 spiro atoms. The number of hydrogen-bond acceptors (Lipinski definition) is 6. The maximum Gasteiger partial charge on any atom is 0.313 e. The maximum atomic E-state index is 11.9. The highest BCUT2D eigenvalue weighted by Gasteiger charge is 2.16. The Bertz CT molecular complexity index is 615. The van der Waals surface area contributed by atoms with E-state index in [0.717, 1.165) is 17.5 Å². The van der Waals surface area contributed by atoms with Gasteiger partial charge in [-0.2, -0.15) is 0 Å². The summed E-state index contributed by atoms with van der Waals surface area (Å²) < 4.78 is 4.51. The summed E-state index contributed by atoms with van der Waals surface area (Å²) in [5.74, 6) is -0.715. The molecular weight excluding hydrogens is 294 g/mol. The lowest BCUT2D eigenvalue weighted by molar-refractivity contribution is -0.139. The molecule has 20 heavy (non-hydrogen) atoms. The van der Waals surface area contributed by atoms with Crippen molar-refractivity contribution >= 4 is 34.4 Å². The van der Waals surface area contributed by atoms with Crippen molar-refractivity contribution in [3.8, 4) is 11.1 Å². The molecular formula is C14H15NO3S2. The number of Topliss-reactive ketones (excluding diaryl/α,β-unsaturated/α-hetero) is 1. The first-order valence-electron chi connectivity index (χ1n) is 6.11. The average Bonchev–Trinajstić information content (AvgIpc) is 3.07. The summed E-state index contributed by atoms with van der Waals surface area (Å²) in [6.45, 7) is 0.603. The largest absolute Gasteiger partial charge is 0.469 e. The van der Waals surface area contributed by atoms with Gasteiger partial charge in [-0.3, -0.25) is 9.59 Å². The Morgan fingerprint density at radius 3 is 2.85 bits per heavy atom. The molecule has 0 aliphatic rings. The third-order valence-corrected chi connectivity index (χ3v) is 4.79. The van der Waals surface area contributed by atoms with Crippen molar-refractivity contribution in [3.05, 3.63) is 32.6 Å². The van der Waals surface area contributed by atoms with Gasteiger partial charge in [-0.25, -0.2) is 0 Å². The van der Waals surface area contributed by atoms with Crippen LogP contribution in [0.3, 0.4) is 0 Å². The fourth-order valence-corrected chi connectivity index (χ4v) is 3.60. The first-order valence-corrected chi connectivity index (χ1v) is 7.87. The predicted octanol–water partition coefficient (Wildman–Crippen LogP) is 2.72. The van der Waals surface area contributed by atoms with Gasteiger partial charge >= 0.3 is 5.97 Å². The highest BCUT2D eigenvalue weighted by Crippen LogP contribution is 2.32. The van der Waals surface area contributed by atoms with Gasteiger partial charge in [0.25, 0.3) is 0 Å². The molecule has 0 amide bonds. The molecule has 2 rings (SSSR count). The number of thiophene rings is 2. The Balaban J connectivity index is 2.18. The van der Waals surface area contributed by atoms with E-state index in [2.05, 4.69) is 4.74 Å². The summed E-state index contributed by atoms with van der Waals surface area (Å²) in [6, 6.07) is 3.87. The standard InChI is InChI=1S/C14H15NO3S2/c1-18-14(17)7-11(16)13-6-9(8-20-13)10-3-5-19-12(10)2-4-15/h3,5-6,8H,2,4,7,15H2,1H3. The molecule has 0 radical (unpaired) electrons. The zero-order valence-electron chi connectivity index (χ0n) is 11.0. The van der Waals surface area contributed by atoms with Crippen molar-refractivity contribution in [3.63, 3.8) is 0 Å². The number of methoxy groups -OCH3 is 1. The van der Waals surface area contributed by atoms with Gasteiger partial charge in [0.05, 0.1) is 12.0 Å². The van der Waals surface area contributed by atoms with Crippen molar-refractivity contribution in [2.45, 2.75) is 12.8 Å². The van der Waals surface area contributed by atoms with Crippen LogP contribution in [0.4, 0.5) is 0 Å². The lowest BCUT2D eigenvalue weighted by Crippen LogP contribution is -2.08. The molecule has 2 aromatic heterocycles. The van der Waals surface area contributed by atoms with E-state index in [0.29, 0.717) is 11.4 Å². The average molecular weight is 309 g/mol. The van der Waals surface area contributed by atoms with Gasteiger partial charge in [0, 0.05) is 4.88 Å². The highest BCUT2D eigenvalue weighted by molar-refractivity contribution is 7.13. The molecule has 0 saturated carbocycles. The van der Waals surface area contributed by atoms with Crippen LogP contribution in [-0.2, 0) is 16.0 Å². The Morgan fingerprint density at radius 1 is 1.35 bits per heavy atom. The van der Waals surface area contributed by atoms with Crippen LogP contribution in [0.5, 0.6) is 0 Å². The van der Waals surface area contributed by atoms with Crippen LogP contribution >= 0.6 is 22.7 Å². The summed E-state index contributed by atoms with van der Waals surface area (Å²) >= 11 is 3.02. The van der Waals surface area contributed by atoms with E-state index in [1.807, 2.05) is 22.9 Å². The number of nitrogens with two attached hydrogens (primary N) is 1. The molecule has 106 valence electrons. The molecule has 0 aliphatic carbocycles. The summed E-state index contributed by atoms with van der Waals surface area (Å²) in [6.07, 6.45) is 0.615. The number of rotatable bonds is 6. The van der Waals surface area contributed by atoms with Crippen LogP contribution in [0.25, 0.3) is 11.1 Å². The number of carbonyl (C=O) groups is 2. The van der Waals surface area contributed by atoms with Gasteiger partial charge in [0.1, 0.15) is 6.42 Å². The smallest absolute Gasteiger partial charge is 0.313 e. The lowest BCUT2D eigenvalue weighted by atomic mass is 10.1. The molecule has 0 aromatic carbocycles. The number of ether oxygens (including phenoxy) is 1. The van der Waals surface area contributed by atoms with Crippen LogP contribution in [0.1, 0.15) is 21.0 Å². The fraction of sp³-hybridized carbons (Fsp3) is 0.286. The molecule has 0 fully saturated rings. The van der Waals surface area contributed by atoms with Crippen LogP contribution < -0.4 is 5.73 Å². The summed E-state index contributed by atoms with van der Waals surface area (Å²) in [5, 5.41) is 3.96. The van der Waals surface area contributed by atoms with E-state index in [4.69, 9.17) is 5.73 Å². The highest BCUT2D eigenvalue weighted by atomic mass is 32.1. The van der Waals surface area contributed by atoms with Crippen molar-refractivity contribution in [2.75, 3.05) is 13.7 Å². The van der Waals surface area contributed by atoms with Gasteiger partial charge in [-0.1, -0.05) is 0 Å². The Morgan fingerprint density at radius 2 is 2.15 bits per heavy atom.